The molecule has 0 saturated carbocycles. The van der Waals surface area contributed by atoms with Gasteiger partial charge < -0.3 is 0 Å². The smallest absolute Gasteiger partial charge is 0.0239 e. The summed E-state index contributed by atoms with van der Waals surface area (Å²) in [6.07, 6.45) is 25.3. The molecule has 0 aliphatic carbocycles. The maximum atomic E-state index is 4.00. The number of hydrogen-bond donors (Lipinski definition) is 0. The highest BCUT2D eigenvalue weighted by atomic mass is 14.3. The molecular weight excluding hydrogens is 360 g/mol. The van der Waals surface area contributed by atoms with Crippen molar-refractivity contribution in [3.63, 3.8) is 0 Å². The summed E-state index contributed by atoms with van der Waals surface area (Å²) in [5, 5.41) is 0. The maximum Gasteiger partial charge on any atom is -0.0239 e. The van der Waals surface area contributed by atoms with Crippen LogP contribution >= 0.6 is 0 Å². The monoisotopic (exact) mass is 416 g/mol. The van der Waals surface area contributed by atoms with Gasteiger partial charge >= 0.3 is 0 Å². The lowest BCUT2D eigenvalue weighted by Gasteiger charge is -2.29. The van der Waals surface area contributed by atoms with E-state index in [0.717, 1.165) is 11.8 Å². The molecule has 0 aliphatic heterocycles. The second kappa shape index (κ2) is 17.9. The molecule has 30 heavy (non-hydrogen) atoms. The van der Waals surface area contributed by atoms with Crippen molar-refractivity contribution in [3.8, 4) is 0 Å². The third-order valence-electron chi connectivity index (χ3n) is 8.09. The van der Waals surface area contributed by atoms with Crippen LogP contribution in [0.15, 0.2) is 37.0 Å². The Bertz CT molecular complexity index is 442. The summed E-state index contributed by atoms with van der Waals surface area (Å²) in [7, 11) is 0. The van der Waals surface area contributed by atoms with Crippen molar-refractivity contribution >= 4 is 0 Å². The highest BCUT2D eigenvalue weighted by Gasteiger charge is 2.22. The van der Waals surface area contributed by atoms with Crippen molar-refractivity contribution in [2.24, 2.45) is 23.2 Å². The van der Waals surface area contributed by atoms with Crippen molar-refractivity contribution in [3.05, 3.63) is 37.0 Å². The van der Waals surface area contributed by atoms with Crippen LogP contribution in [0.25, 0.3) is 0 Å². The fourth-order valence-electron chi connectivity index (χ4n) is 4.67. The van der Waals surface area contributed by atoms with Crippen LogP contribution in [0.4, 0.5) is 0 Å². The van der Waals surface area contributed by atoms with E-state index in [-0.39, 0.29) is 0 Å². The fraction of sp³-hybridized carbons (Fsp3) is 0.800. The lowest BCUT2D eigenvalue weighted by Crippen LogP contribution is -2.16. The van der Waals surface area contributed by atoms with Crippen LogP contribution in [0, 0.1) is 23.2 Å². The molecule has 0 amide bonds. The average Bonchev–Trinajstić information content (AvgIpc) is 2.77. The van der Waals surface area contributed by atoms with Gasteiger partial charge in [0.15, 0.2) is 0 Å². The summed E-state index contributed by atoms with van der Waals surface area (Å²) < 4.78 is 0. The maximum absolute atomic E-state index is 4.00. The summed E-state index contributed by atoms with van der Waals surface area (Å²) >= 11 is 0. The first-order chi connectivity index (χ1) is 14.4. The topological polar surface area (TPSA) is 0 Å². The van der Waals surface area contributed by atoms with Gasteiger partial charge in [0.1, 0.15) is 0 Å². The number of unbranched alkanes of at least 4 members (excludes halogenated alkanes) is 2. The quantitative estimate of drug-likeness (QED) is 0.137. The molecule has 0 fully saturated rings. The Balaban J connectivity index is 4.87. The zero-order valence-corrected chi connectivity index (χ0v) is 21.8. The van der Waals surface area contributed by atoms with Crippen LogP contribution in [0.1, 0.15) is 131 Å². The minimum Gasteiger partial charge on any atom is -0.103 e. The standard InChI is InChI=1S/C30H56/c1-9-15-19-28(18-10-2)20-16-17-21-29(23-22-27(8)26(7)11-3)24-25-30(12-4,13-5)14-6/h10-11,24,26-28H,2-3,9,12-23,25H2,1,4-8H3. The molecule has 176 valence electrons. The third-order valence-corrected chi connectivity index (χ3v) is 8.09. The molecule has 3 unspecified atom stereocenters. The summed E-state index contributed by atoms with van der Waals surface area (Å²) in [5.74, 6) is 2.20. The van der Waals surface area contributed by atoms with Crippen LogP contribution in [-0.2, 0) is 0 Å². The van der Waals surface area contributed by atoms with Crippen LogP contribution in [0.5, 0.6) is 0 Å². The van der Waals surface area contributed by atoms with Crippen molar-refractivity contribution in [2.75, 3.05) is 0 Å². The second-order valence-electron chi connectivity index (χ2n) is 10.0. The molecule has 0 N–H and O–H groups in total. The molecular formula is C30H56. The first-order valence-corrected chi connectivity index (χ1v) is 13.3. The predicted octanol–water partition coefficient (Wildman–Crippen LogP) is 10.7. The van der Waals surface area contributed by atoms with E-state index in [1.54, 1.807) is 5.57 Å². The average molecular weight is 417 g/mol. The first-order valence-electron chi connectivity index (χ1n) is 13.3. The van der Waals surface area contributed by atoms with Crippen LogP contribution in [0.2, 0.25) is 0 Å². The molecule has 0 radical (unpaired) electrons. The van der Waals surface area contributed by atoms with E-state index in [2.05, 4.69) is 72.9 Å². The zero-order valence-electron chi connectivity index (χ0n) is 21.8. The Labute approximate surface area is 191 Å². The van der Waals surface area contributed by atoms with E-state index in [9.17, 15) is 0 Å². The van der Waals surface area contributed by atoms with Crippen molar-refractivity contribution in [2.45, 2.75) is 131 Å². The van der Waals surface area contributed by atoms with Crippen LogP contribution < -0.4 is 0 Å². The molecule has 0 rings (SSSR count). The van der Waals surface area contributed by atoms with Gasteiger partial charge in [-0.15, -0.1) is 13.2 Å². The van der Waals surface area contributed by atoms with Gasteiger partial charge in [0.05, 0.1) is 0 Å². The molecule has 0 aromatic carbocycles. The summed E-state index contributed by atoms with van der Waals surface area (Å²) in [4.78, 5) is 0. The van der Waals surface area contributed by atoms with Gasteiger partial charge in [0.25, 0.3) is 0 Å². The minimum absolute atomic E-state index is 0.514. The molecule has 0 bridgehead atoms. The van der Waals surface area contributed by atoms with E-state index in [0.29, 0.717) is 11.3 Å². The molecule has 0 nitrogen and oxygen atoms in total. The Morgan fingerprint density at radius 1 is 0.833 bits per heavy atom. The minimum atomic E-state index is 0.514. The van der Waals surface area contributed by atoms with E-state index in [1.807, 2.05) is 0 Å². The highest BCUT2D eigenvalue weighted by molar-refractivity contribution is 5.05. The van der Waals surface area contributed by atoms with Crippen LogP contribution in [-0.4, -0.2) is 0 Å². The molecule has 0 saturated heterocycles. The van der Waals surface area contributed by atoms with E-state index < -0.39 is 0 Å². The van der Waals surface area contributed by atoms with Crippen molar-refractivity contribution in [1.82, 2.24) is 0 Å². The molecule has 0 aliphatic rings. The van der Waals surface area contributed by atoms with Gasteiger partial charge in [-0.25, -0.2) is 0 Å². The molecule has 0 spiro atoms. The molecule has 0 aromatic rings. The second-order valence-corrected chi connectivity index (χ2v) is 10.0. The van der Waals surface area contributed by atoms with Gasteiger partial charge in [-0.1, -0.05) is 117 Å². The van der Waals surface area contributed by atoms with E-state index in [4.69, 9.17) is 0 Å². The third kappa shape index (κ3) is 12.2. The van der Waals surface area contributed by atoms with Gasteiger partial charge in [-0.05, 0) is 61.7 Å². The highest BCUT2D eigenvalue weighted by Crippen LogP contribution is 2.36. The molecule has 0 aromatic heterocycles. The molecule has 0 heterocycles. The Morgan fingerprint density at radius 3 is 2.00 bits per heavy atom. The van der Waals surface area contributed by atoms with Gasteiger partial charge in [0, 0.05) is 0 Å². The number of allylic oxidation sites excluding steroid dienone is 4. The fourth-order valence-corrected chi connectivity index (χ4v) is 4.67. The summed E-state index contributed by atoms with van der Waals surface area (Å²) in [6, 6.07) is 0. The first kappa shape index (κ1) is 29.2. The van der Waals surface area contributed by atoms with Gasteiger partial charge in [-0.3, -0.25) is 0 Å². The predicted molar refractivity (Wildman–Crippen MR) is 140 cm³/mol. The normalized spacial score (nSPS) is 15.6. The van der Waals surface area contributed by atoms with E-state index >= 15 is 0 Å². The number of rotatable bonds is 20. The lowest BCUT2D eigenvalue weighted by molar-refractivity contribution is 0.253. The summed E-state index contributed by atoms with van der Waals surface area (Å²) in [6.45, 7) is 22.1. The van der Waals surface area contributed by atoms with E-state index in [1.165, 1.54) is 89.9 Å². The lowest BCUT2D eigenvalue weighted by atomic mass is 9.76. The largest absolute Gasteiger partial charge is 0.103 e. The van der Waals surface area contributed by atoms with Crippen LogP contribution in [0.3, 0.4) is 0 Å². The Kier molecular flexibility index (Phi) is 17.4. The van der Waals surface area contributed by atoms with Crippen molar-refractivity contribution in [1.29, 1.82) is 0 Å². The van der Waals surface area contributed by atoms with Gasteiger partial charge in [-0.2, -0.15) is 0 Å². The molecule has 0 heteroatoms. The van der Waals surface area contributed by atoms with Gasteiger partial charge in [0.2, 0.25) is 0 Å². The SMILES string of the molecule is C=CCC(CCCC)CCCCC(=CCC(CC)(CC)CC)CCC(C)C(C)C=C. The molecule has 3 atom stereocenters. The van der Waals surface area contributed by atoms with Crippen molar-refractivity contribution < 1.29 is 0 Å². The Hall–Kier alpha value is -0.780. The summed E-state index contributed by atoms with van der Waals surface area (Å²) in [5.41, 5.74) is 2.24. The zero-order chi connectivity index (χ0) is 22.8. The Morgan fingerprint density at radius 2 is 1.47 bits per heavy atom. The number of hydrogen-bond acceptors (Lipinski definition) is 0.